The van der Waals surface area contributed by atoms with Gasteiger partial charge in [-0.25, -0.2) is 0 Å². The molecule has 2 aromatic carbocycles. The second-order valence-electron chi connectivity index (χ2n) is 13.7. The lowest BCUT2D eigenvalue weighted by atomic mass is 9.82. The van der Waals surface area contributed by atoms with Crippen LogP contribution in [0, 0.1) is 23.7 Å². The Morgan fingerprint density at radius 3 is 2.32 bits per heavy atom. The van der Waals surface area contributed by atoms with Gasteiger partial charge in [-0.05, 0) is 90.8 Å². The van der Waals surface area contributed by atoms with Crippen LogP contribution in [0.2, 0.25) is 0 Å². The zero-order valence-corrected chi connectivity index (χ0v) is 25.0. The third kappa shape index (κ3) is 7.25. The number of anilines is 1. The number of carbonyl (C=O) groups is 2. The second-order valence-corrected chi connectivity index (χ2v) is 13.7. The Balaban J connectivity index is 1.30. The Labute approximate surface area is 244 Å². The standard InChI is InChI=1S/C36H44N2O3/c1-25-16-19-38(32(40)20-25)24-26-12-14-29(15-13-26)33(28-9-5-6-10-28)34(41)37-30-11-7-8-27(21-30)22-36(17-18-36)31(39)23-35(2,3)4/h7-8,11-16,19-21,28,33H,5-6,9-10,17-18,22-24H2,1-4H3,(H,37,41). The molecule has 0 spiro atoms. The average Bonchev–Trinajstić information content (AvgIpc) is 3.49. The second kappa shape index (κ2) is 11.8. The first-order valence-electron chi connectivity index (χ1n) is 15.2. The minimum atomic E-state index is -0.228. The molecule has 2 aliphatic carbocycles. The molecule has 2 aliphatic rings. The summed E-state index contributed by atoms with van der Waals surface area (Å²) >= 11 is 0. The summed E-state index contributed by atoms with van der Waals surface area (Å²) in [5.74, 6) is 0.492. The van der Waals surface area contributed by atoms with E-state index in [0.717, 1.165) is 72.9 Å². The molecule has 3 aromatic rings. The average molecular weight is 553 g/mol. The van der Waals surface area contributed by atoms with Crippen molar-refractivity contribution in [2.24, 2.45) is 16.7 Å². The number of hydrogen-bond donors (Lipinski definition) is 1. The maximum Gasteiger partial charge on any atom is 0.251 e. The predicted octanol–water partition coefficient (Wildman–Crippen LogP) is 7.45. The fourth-order valence-electron chi connectivity index (χ4n) is 6.44. The molecule has 1 atom stereocenters. The molecule has 0 bridgehead atoms. The van der Waals surface area contributed by atoms with E-state index in [1.54, 1.807) is 10.6 Å². The summed E-state index contributed by atoms with van der Waals surface area (Å²) in [5.41, 5.74) is 4.68. The molecule has 0 aliphatic heterocycles. The molecule has 1 aromatic heterocycles. The van der Waals surface area contributed by atoms with Crippen molar-refractivity contribution in [3.63, 3.8) is 0 Å². The third-order valence-electron chi connectivity index (χ3n) is 8.87. The molecule has 2 fully saturated rings. The van der Waals surface area contributed by atoms with Crippen LogP contribution in [0.25, 0.3) is 0 Å². The summed E-state index contributed by atoms with van der Waals surface area (Å²) in [7, 11) is 0. The van der Waals surface area contributed by atoms with Crippen LogP contribution in [0.1, 0.15) is 93.9 Å². The Kier molecular flexibility index (Phi) is 8.35. The van der Waals surface area contributed by atoms with Crippen LogP contribution < -0.4 is 10.9 Å². The van der Waals surface area contributed by atoms with E-state index in [0.29, 0.717) is 24.7 Å². The number of nitrogens with one attached hydrogen (secondary N) is 1. The minimum absolute atomic E-state index is 0.00551. The number of carbonyl (C=O) groups excluding carboxylic acids is 2. The first kappa shape index (κ1) is 29.0. The summed E-state index contributed by atoms with van der Waals surface area (Å²) < 4.78 is 1.71. The normalized spacial score (nSPS) is 17.3. The first-order chi connectivity index (χ1) is 19.5. The van der Waals surface area contributed by atoms with Crippen molar-refractivity contribution in [3.05, 3.63) is 99.5 Å². The lowest BCUT2D eigenvalue weighted by Crippen LogP contribution is -2.27. The van der Waals surface area contributed by atoms with E-state index >= 15 is 0 Å². The summed E-state index contributed by atoms with van der Waals surface area (Å²) in [4.78, 5) is 39.2. The van der Waals surface area contributed by atoms with E-state index in [1.807, 2.05) is 43.5 Å². The highest BCUT2D eigenvalue weighted by molar-refractivity contribution is 5.96. The maximum absolute atomic E-state index is 13.8. The van der Waals surface area contributed by atoms with Crippen LogP contribution in [0.3, 0.4) is 0 Å². The zero-order chi connectivity index (χ0) is 29.2. The van der Waals surface area contributed by atoms with Gasteiger partial charge in [-0.2, -0.15) is 0 Å². The number of ketones is 1. The van der Waals surface area contributed by atoms with Gasteiger partial charge in [0.05, 0.1) is 12.5 Å². The number of benzene rings is 2. The molecule has 0 saturated heterocycles. The van der Waals surface area contributed by atoms with Gasteiger partial charge in [-0.15, -0.1) is 0 Å². The van der Waals surface area contributed by atoms with E-state index in [2.05, 4.69) is 50.4 Å². The number of amides is 1. The van der Waals surface area contributed by atoms with E-state index in [1.165, 1.54) is 0 Å². The van der Waals surface area contributed by atoms with Gasteiger partial charge >= 0.3 is 0 Å². The van der Waals surface area contributed by atoms with Gasteiger partial charge in [-0.3, -0.25) is 14.4 Å². The highest BCUT2D eigenvalue weighted by Crippen LogP contribution is 2.51. The van der Waals surface area contributed by atoms with Crippen molar-refractivity contribution in [1.29, 1.82) is 0 Å². The number of nitrogens with zero attached hydrogens (tertiary/aromatic N) is 1. The van der Waals surface area contributed by atoms with Crippen molar-refractivity contribution >= 4 is 17.4 Å². The molecule has 41 heavy (non-hydrogen) atoms. The molecule has 216 valence electrons. The van der Waals surface area contributed by atoms with E-state index in [-0.39, 0.29) is 28.2 Å². The van der Waals surface area contributed by atoms with Crippen molar-refractivity contribution in [2.75, 3.05) is 5.32 Å². The smallest absolute Gasteiger partial charge is 0.251 e. The van der Waals surface area contributed by atoms with Crippen LogP contribution >= 0.6 is 0 Å². The third-order valence-corrected chi connectivity index (χ3v) is 8.87. The Morgan fingerprint density at radius 1 is 0.976 bits per heavy atom. The maximum atomic E-state index is 13.8. The van der Waals surface area contributed by atoms with Crippen molar-refractivity contribution in [2.45, 2.75) is 91.5 Å². The molecule has 1 heterocycles. The molecule has 5 nitrogen and oxygen atoms in total. The van der Waals surface area contributed by atoms with Crippen LogP contribution in [0.5, 0.6) is 0 Å². The lowest BCUT2D eigenvalue weighted by molar-refractivity contribution is -0.126. The summed E-state index contributed by atoms with van der Waals surface area (Å²) in [5, 5.41) is 3.23. The van der Waals surface area contributed by atoms with E-state index in [4.69, 9.17) is 0 Å². The fourth-order valence-corrected chi connectivity index (χ4v) is 6.44. The van der Waals surface area contributed by atoms with Crippen molar-refractivity contribution < 1.29 is 9.59 Å². The van der Waals surface area contributed by atoms with Gasteiger partial charge in [0.25, 0.3) is 5.56 Å². The molecule has 1 unspecified atom stereocenters. The van der Waals surface area contributed by atoms with Gasteiger partial charge < -0.3 is 9.88 Å². The summed E-state index contributed by atoms with van der Waals surface area (Å²) in [6, 6.07) is 19.9. The number of rotatable bonds is 10. The molecule has 1 N–H and O–H groups in total. The molecular weight excluding hydrogens is 508 g/mol. The van der Waals surface area contributed by atoms with E-state index in [9.17, 15) is 14.4 Å². The van der Waals surface area contributed by atoms with Gasteiger partial charge in [0.1, 0.15) is 5.78 Å². The lowest BCUT2D eigenvalue weighted by Gasteiger charge is -2.24. The van der Waals surface area contributed by atoms with Crippen LogP contribution in [0.15, 0.2) is 71.7 Å². The van der Waals surface area contributed by atoms with Gasteiger partial charge in [0.15, 0.2) is 0 Å². The number of Topliss-reactive ketones (excluding diaryl/α,β-unsaturated/α-hetero) is 1. The van der Waals surface area contributed by atoms with E-state index < -0.39 is 0 Å². The van der Waals surface area contributed by atoms with Crippen LogP contribution in [0.4, 0.5) is 5.69 Å². The Bertz CT molecular complexity index is 1450. The number of pyridine rings is 1. The Hall–Kier alpha value is -3.47. The largest absolute Gasteiger partial charge is 0.326 e. The molecular formula is C36H44N2O3. The van der Waals surface area contributed by atoms with Crippen LogP contribution in [-0.4, -0.2) is 16.3 Å². The van der Waals surface area contributed by atoms with Crippen LogP contribution in [-0.2, 0) is 22.6 Å². The number of hydrogen-bond acceptors (Lipinski definition) is 3. The molecule has 0 radical (unpaired) electrons. The molecule has 5 rings (SSSR count). The quantitative estimate of drug-likeness (QED) is 0.284. The monoisotopic (exact) mass is 552 g/mol. The highest BCUT2D eigenvalue weighted by Gasteiger charge is 2.49. The molecule has 5 heteroatoms. The Morgan fingerprint density at radius 2 is 1.68 bits per heavy atom. The number of aryl methyl sites for hydroxylation is 1. The van der Waals surface area contributed by atoms with Gasteiger partial charge in [0, 0.05) is 29.8 Å². The van der Waals surface area contributed by atoms with Gasteiger partial charge in [-0.1, -0.05) is 70.0 Å². The minimum Gasteiger partial charge on any atom is -0.326 e. The van der Waals surface area contributed by atoms with Crippen molar-refractivity contribution in [1.82, 2.24) is 4.57 Å². The molecule has 2 saturated carbocycles. The highest BCUT2D eigenvalue weighted by atomic mass is 16.2. The fraction of sp³-hybridized carbons (Fsp3) is 0.472. The number of aromatic nitrogens is 1. The topological polar surface area (TPSA) is 68.2 Å². The zero-order valence-electron chi connectivity index (χ0n) is 25.0. The van der Waals surface area contributed by atoms with Gasteiger partial charge in [0.2, 0.25) is 5.91 Å². The first-order valence-corrected chi connectivity index (χ1v) is 15.2. The van der Waals surface area contributed by atoms with Crippen molar-refractivity contribution in [3.8, 4) is 0 Å². The summed E-state index contributed by atoms with van der Waals surface area (Å²) in [6.07, 6.45) is 9.50. The summed E-state index contributed by atoms with van der Waals surface area (Å²) in [6.45, 7) is 8.79. The molecule has 1 amide bonds. The SMILES string of the molecule is Cc1ccn(Cc2ccc(C(C(=O)Nc3cccc(CC4(C(=O)CC(C)(C)C)CC4)c3)C3CCCC3)cc2)c(=O)c1. The predicted molar refractivity (Wildman–Crippen MR) is 165 cm³/mol.